The first-order chi connectivity index (χ1) is 18.6. The molecule has 1 radical (unpaired) electrons. The fourth-order valence-corrected chi connectivity index (χ4v) is 9.55. The summed E-state index contributed by atoms with van der Waals surface area (Å²) in [5, 5.41) is 18.0. The van der Waals surface area contributed by atoms with E-state index in [1.807, 2.05) is 4.90 Å². The van der Waals surface area contributed by atoms with Crippen LogP contribution in [-0.4, -0.2) is 79.0 Å². The highest BCUT2D eigenvalue weighted by Crippen LogP contribution is 2.69. The van der Waals surface area contributed by atoms with Crippen LogP contribution in [0.3, 0.4) is 0 Å². The number of piperazine rings is 1. The lowest BCUT2D eigenvalue weighted by Crippen LogP contribution is -2.62. The number of ether oxygens (including phenoxy) is 2. The predicted molar refractivity (Wildman–Crippen MR) is 143 cm³/mol. The Labute approximate surface area is 231 Å². The van der Waals surface area contributed by atoms with Crippen molar-refractivity contribution in [2.75, 3.05) is 39.3 Å². The van der Waals surface area contributed by atoms with Gasteiger partial charge in [0, 0.05) is 37.7 Å². The lowest BCUT2D eigenvalue weighted by molar-refractivity contribution is -0.208. The van der Waals surface area contributed by atoms with E-state index in [0.717, 1.165) is 57.1 Å². The van der Waals surface area contributed by atoms with Crippen molar-refractivity contribution >= 4 is 18.0 Å². The minimum absolute atomic E-state index is 0.0293. The summed E-state index contributed by atoms with van der Waals surface area (Å²) in [6.45, 7) is 7.94. The quantitative estimate of drug-likeness (QED) is 0.457. The van der Waals surface area contributed by atoms with Crippen LogP contribution < -0.4 is 10.6 Å². The molecule has 8 atom stereocenters. The Balaban J connectivity index is 1.05. The lowest BCUT2D eigenvalue weighted by Gasteiger charge is -2.63. The summed E-state index contributed by atoms with van der Waals surface area (Å²) in [5.41, 5.74) is 0.125. The number of alkyl carbamates (subject to hydrolysis) is 1. The van der Waals surface area contributed by atoms with Crippen molar-refractivity contribution in [2.45, 2.75) is 76.9 Å². The Bertz CT molecular complexity index is 1050. The summed E-state index contributed by atoms with van der Waals surface area (Å²) in [6, 6.07) is 0. The van der Waals surface area contributed by atoms with Gasteiger partial charge in [0.15, 0.2) is 0 Å². The molecule has 0 aromatic heterocycles. The lowest BCUT2D eigenvalue weighted by atomic mass is 9.43. The third-order valence-electron chi connectivity index (χ3n) is 11.7. The van der Waals surface area contributed by atoms with Crippen LogP contribution in [0, 0.1) is 40.9 Å². The topological polar surface area (TPSA) is 117 Å². The predicted octanol–water partition coefficient (Wildman–Crippen LogP) is 2.58. The Kier molecular flexibility index (Phi) is 6.97. The third kappa shape index (κ3) is 4.57. The maximum absolute atomic E-state index is 12.5. The van der Waals surface area contributed by atoms with Crippen molar-refractivity contribution in [3.05, 3.63) is 18.1 Å². The smallest absolute Gasteiger partial charge is 0.407 e. The van der Waals surface area contributed by atoms with Gasteiger partial charge in [-0.3, -0.25) is 9.69 Å². The number of aliphatic hydroxyl groups is 1. The molecule has 1 saturated heterocycles. The average molecular weight is 543 g/mol. The molecule has 2 amide bonds. The number of hydrogen-bond acceptors (Lipinski definition) is 7. The molecule has 39 heavy (non-hydrogen) atoms. The van der Waals surface area contributed by atoms with Gasteiger partial charge in [0.2, 0.25) is 5.91 Å². The van der Waals surface area contributed by atoms with E-state index in [1.54, 1.807) is 6.08 Å². The molecule has 0 unspecified atom stereocenters. The van der Waals surface area contributed by atoms with Gasteiger partial charge in [0.1, 0.15) is 12.7 Å². The molecule has 3 N–H and O–H groups in total. The maximum Gasteiger partial charge on any atom is 0.407 e. The molecule has 5 fully saturated rings. The first kappa shape index (κ1) is 27.1. The van der Waals surface area contributed by atoms with Crippen molar-refractivity contribution in [1.29, 1.82) is 0 Å². The van der Waals surface area contributed by atoms with E-state index in [9.17, 15) is 19.5 Å². The fraction of sp³-hybridized carbons (Fsp3) is 0.800. The van der Waals surface area contributed by atoms with Crippen LogP contribution in [0.4, 0.5) is 4.79 Å². The molecule has 2 heterocycles. The van der Waals surface area contributed by atoms with Crippen LogP contribution in [0.5, 0.6) is 0 Å². The van der Waals surface area contributed by atoms with Crippen LogP contribution in [0.1, 0.15) is 65.2 Å². The van der Waals surface area contributed by atoms with Crippen LogP contribution in [-0.2, 0) is 19.1 Å². The summed E-state index contributed by atoms with van der Waals surface area (Å²) < 4.78 is 11.1. The number of cyclic esters (lactones) is 1. The molecule has 0 aromatic carbocycles. The number of nitrogens with one attached hydrogen (secondary N) is 2. The summed E-state index contributed by atoms with van der Waals surface area (Å²) >= 11 is 0. The normalized spacial score (nSPS) is 43.9. The number of rotatable bonds is 5. The highest BCUT2D eigenvalue weighted by atomic mass is 16.6. The molecule has 215 valence electrons. The number of amides is 2. The monoisotopic (exact) mass is 542 g/mol. The van der Waals surface area contributed by atoms with Crippen molar-refractivity contribution in [3.8, 4) is 0 Å². The van der Waals surface area contributed by atoms with Crippen LogP contribution in [0.2, 0.25) is 0 Å². The molecule has 4 saturated carbocycles. The highest BCUT2D eigenvalue weighted by molar-refractivity contribution is 5.85. The first-order valence-corrected chi connectivity index (χ1v) is 15.0. The standard InChI is InChI=1S/C30H44N3O6/c1-28-8-5-21(39-27(36)32-12-14-33-13-11-31-25(34)17-33)16-20(28)3-4-24-23(28)6-9-29(2)22(7-10-30(24,29)37)19-15-26(35)38-18-19/h7,15,20-24,37H,3-6,8-14,16-18H2,1-2H3,(H,31,34)(H,32,36)/t20-,21+,22-,23+,24-,28+,29-,30+/m1/s1. The molecular weight excluding hydrogens is 498 g/mol. The minimum atomic E-state index is -0.761. The average Bonchev–Trinajstić information content (AvgIpc) is 3.44. The van der Waals surface area contributed by atoms with E-state index in [4.69, 9.17) is 9.47 Å². The second-order valence-electron chi connectivity index (χ2n) is 13.5. The number of carbonyl (C=O) groups excluding carboxylic acids is 3. The molecule has 0 spiro atoms. The van der Waals surface area contributed by atoms with Gasteiger partial charge in [0.05, 0.1) is 12.1 Å². The summed E-state index contributed by atoms with van der Waals surface area (Å²) in [5.74, 6) is 1.04. The van der Waals surface area contributed by atoms with E-state index >= 15 is 0 Å². The molecular formula is C30H44N3O6. The van der Waals surface area contributed by atoms with Gasteiger partial charge in [-0.05, 0) is 92.4 Å². The van der Waals surface area contributed by atoms with E-state index in [0.29, 0.717) is 51.0 Å². The van der Waals surface area contributed by atoms with Gasteiger partial charge in [-0.1, -0.05) is 13.8 Å². The first-order valence-electron chi connectivity index (χ1n) is 15.0. The second kappa shape index (κ2) is 10.1. The van der Waals surface area contributed by atoms with Gasteiger partial charge in [-0.25, -0.2) is 9.59 Å². The van der Waals surface area contributed by atoms with Gasteiger partial charge < -0.3 is 25.2 Å². The Morgan fingerprint density at radius 2 is 2.05 bits per heavy atom. The highest BCUT2D eigenvalue weighted by Gasteiger charge is 2.67. The van der Waals surface area contributed by atoms with Crippen molar-refractivity contribution < 1.29 is 29.0 Å². The van der Waals surface area contributed by atoms with Gasteiger partial charge in [0.25, 0.3) is 0 Å². The molecule has 0 bridgehead atoms. The Hall–Kier alpha value is -2.13. The minimum Gasteiger partial charge on any atom is -0.458 e. The summed E-state index contributed by atoms with van der Waals surface area (Å²) in [7, 11) is 0. The second-order valence-corrected chi connectivity index (χ2v) is 13.5. The molecule has 9 heteroatoms. The Morgan fingerprint density at radius 3 is 2.82 bits per heavy atom. The van der Waals surface area contributed by atoms with Crippen LogP contribution in [0.25, 0.3) is 0 Å². The number of nitrogens with zero attached hydrogens (tertiary/aromatic N) is 1. The van der Waals surface area contributed by atoms with Gasteiger partial charge in [-0.15, -0.1) is 0 Å². The third-order valence-corrected chi connectivity index (χ3v) is 11.7. The van der Waals surface area contributed by atoms with Crippen molar-refractivity contribution in [3.63, 3.8) is 0 Å². The Morgan fingerprint density at radius 1 is 1.21 bits per heavy atom. The molecule has 0 aromatic rings. The SMILES string of the molecule is C[C@]12CC[C@H](OC(=O)NCCN3CCNC(=O)C3)C[C@H]1CC[C@@H]1[C@@H]2CC[C@]2(C)[C@@H](C3=CC(=O)OC3)[CH]C[C@]12O. The van der Waals surface area contributed by atoms with Crippen molar-refractivity contribution in [1.82, 2.24) is 15.5 Å². The molecule has 6 rings (SSSR count). The van der Waals surface area contributed by atoms with Gasteiger partial charge in [-0.2, -0.15) is 0 Å². The van der Waals surface area contributed by atoms with E-state index in [1.165, 1.54) is 0 Å². The number of hydrogen-bond donors (Lipinski definition) is 3. The largest absolute Gasteiger partial charge is 0.458 e. The van der Waals surface area contributed by atoms with E-state index in [-0.39, 0.29) is 46.7 Å². The molecule has 2 aliphatic heterocycles. The van der Waals surface area contributed by atoms with Gasteiger partial charge >= 0.3 is 12.1 Å². The number of carbonyl (C=O) groups is 3. The van der Waals surface area contributed by atoms with Crippen molar-refractivity contribution in [2.24, 2.45) is 34.5 Å². The zero-order valence-electron chi connectivity index (χ0n) is 23.4. The van der Waals surface area contributed by atoms with Crippen LogP contribution in [0.15, 0.2) is 11.6 Å². The molecule has 9 nitrogen and oxygen atoms in total. The summed E-state index contributed by atoms with van der Waals surface area (Å²) in [6.07, 6.45) is 11.0. The molecule has 4 aliphatic carbocycles. The zero-order chi connectivity index (χ0) is 27.4. The van der Waals surface area contributed by atoms with E-state index < -0.39 is 5.60 Å². The fourth-order valence-electron chi connectivity index (χ4n) is 9.55. The molecule has 6 aliphatic rings. The van der Waals surface area contributed by atoms with E-state index in [2.05, 4.69) is 30.9 Å². The van der Waals surface area contributed by atoms with Crippen LogP contribution >= 0.6 is 0 Å². The maximum atomic E-state index is 12.5. The summed E-state index contributed by atoms with van der Waals surface area (Å²) in [4.78, 5) is 37.9. The number of fused-ring (bicyclic) bond motifs is 5. The number of esters is 1. The zero-order valence-corrected chi connectivity index (χ0v) is 23.4.